The fraction of sp³-hybridized carbons (Fsp3) is 0.217. The first kappa shape index (κ1) is 19.5. The molecule has 0 aliphatic heterocycles. The van der Waals surface area contributed by atoms with Crippen LogP contribution in [0, 0.1) is 0 Å². The highest BCUT2D eigenvalue weighted by Gasteiger charge is 2.13. The van der Waals surface area contributed by atoms with Crippen molar-refractivity contribution in [2.45, 2.75) is 17.7 Å². The number of hydrogen-bond acceptors (Lipinski definition) is 5. The Labute approximate surface area is 174 Å². The SMILES string of the molecule is Cn1c(Cc2ccccc2)nnc1SCC(O)COc1ccc2ccccc2c1. The predicted octanol–water partition coefficient (Wildman–Crippen LogP) is 4.09. The third kappa shape index (κ3) is 4.96. The Bertz CT molecular complexity index is 1080. The van der Waals surface area contributed by atoms with Gasteiger partial charge in [0.15, 0.2) is 5.16 Å². The van der Waals surface area contributed by atoms with E-state index in [1.54, 1.807) is 0 Å². The van der Waals surface area contributed by atoms with E-state index in [1.807, 2.05) is 60.1 Å². The molecular weight excluding hydrogens is 382 g/mol. The molecule has 0 saturated carbocycles. The van der Waals surface area contributed by atoms with Crippen LogP contribution in [-0.2, 0) is 13.5 Å². The van der Waals surface area contributed by atoms with Crippen LogP contribution in [0.1, 0.15) is 11.4 Å². The largest absolute Gasteiger partial charge is 0.491 e. The second kappa shape index (κ2) is 9.11. The zero-order valence-corrected chi connectivity index (χ0v) is 17.0. The molecule has 0 bridgehead atoms. The third-order valence-electron chi connectivity index (χ3n) is 4.70. The Morgan fingerprint density at radius 1 is 0.966 bits per heavy atom. The number of rotatable bonds is 8. The highest BCUT2D eigenvalue weighted by atomic mass is 32.2. The standard InChI is InChI=1S/C23H23N3O2S/c1-26-22(13-17-7-3-2-4-8-17)24-25-23(26)29-16-20(27)15-28-21-12-11-18-9-5-6-10-19(18)14-21/h2-12,14,20,27H,13,15-16H2,1H3. The smallest absolute Gasteiger partial charge is 0.191 e. The highest BCUT2D eigenvalue weighted by Crippen LogP contribution is 2.22. The van der Waals surface area contributed by atoms with Crippen molar-refractivity contribution in [3.63, 3.8) is 0 Å². The van der Waals surface area contributed by atoms with E-state index in [0.29, 0.717) is 5.75 Å². The molecule has 1 heterocycles. The van der Waals surface area contributed by atoms with E-state index in [0.717, 1.165) is 28.5 Å². The Hall–Kier alpha value is -2.83. The van der Waals surface area contributed by atoms with Crippen LogP contribution < -0.4 is 4.74 Å². The summed E-state index contributed by atoms with van der Waals surface area (Å²) in [5.74, 6) is 2.16. The molecule has 0 aliphatic rings. The Kier molecular flexibility index (Phi) is 6.12. The molecule has 4 rings (SSSR count). The molecule has 0 aliphatic carbocycles. The fourth-order valence-corrected chi connectivity index (χ4v) is 3.91. The summed E-state index contributed by atoms with van der Waals surface area (Å²) in [6, 6.07) is 24.3. The summed E-state index contributed by atoms with van der Waals surface area (Å²) >= 11 is 1.48. The number of fused-ring (bicyclic) bond motifs is 1. The van der Waals surface area contributed by atoms with Crippen LogP contribution in [-0.4, -0.2) is 38.3 Å². The zero-order valence-electron chi connectivity index (χ0n) is 16.2. The maximum absolute atomic E-state index is 10.3. The number of thioether (sulfide) groups is 1. The van der Waals surface area contributed by atoms with Crippen molar-refractivity contribution >= 4 is 22.5 Å². The summed E-state index contributed by atoms with van der Waals surface area (Å²) in [6.07, 6.45) is 0.138. The maximum atomic E-state index is 10.3. The lowest BCUT2D eigenvalue weighted by Crippen LogP contribution is -2.20. The van der Waals surface area contributed by atoms with Crippen LogP contribution in [0.4, 0.5) is 0 Å². The first-order valence-electron chi connectivity index (χ1n) is 9.54. The normalized spacial score (nSPS) is 12.2. The third-order valence-corrected chi connectivity index (χ3v) is 5.86. The minimum absolute atomic E-state index is 0.236. The molecule has 1 N–H and O–H groups in total. The van der Waals surface area contributed by atoms with Crippen LogP contribution in [0.15, 0.2) is 78.0 Å². The number of aromatic nitrogens is 3. The van der Waals surface area contributed by atoms with E-state index in [1.165, 1.54) is 22.7 Å². The van der Waals surface area contributed by atoms with Gasteiger partial charge in [0.1, 0.15) is 18.2 Å². The average Bonchev–Trinajstić information content (AvgIpc) is 3.10. The van der Waals surface area contributed by atoms with E-state index in [2.05, 4.69) is 34.5 Å². The molecule has 1 aromatic heterocycles. The van der Waals surface area contributed by atoms with Crippen molar-refractivity contribution in [3.8, 4) is 5.75 Å². The molecule has 0 radical (unpaired) electrons. The molecule has 29 heavy (non-hydrogen) atoms. The molecule has 6 heteroatoms. The summed E-state index contributed by atoms with van der Waals surface area (Å²) < 4.78 is 7.75. The van der Waals surface area contributed by atoms with Gasteiger partial charge < -0.3 is 14.4 Å². The maximum Gasteiger partial charge on any atom is 0.191 e. The van der Waals surface area contributed by atoms with Crippen molar-refractivity contribution in [2.75, 3.05) is 12.4 Å². The summed E-state index contributed by atoms with van der Waals surface area (Å²) in [4.78, 5) is 0. The molecule has 148 valence electrons. The Morgan fingerprint density at radius 2 is 1.72 bits per heavy atom. The Morgan fingerprint density at radius 3 is 2.55 bits per heavy atom. The molecular formula is C23H23N3O2S. The molecule has 3 aromatic carbocycles. The zero-order chi connectivity index (χ0) is 20.1. The van der Waals surface area contributed by atoms with Gasteiger partial charge >= 0.3 is 0 Å². The molecule has 0 fully saturated rings. The van der Waals surface area contributed by atoms with Crippen molar-refractivity contribution in [1.82, 2.24) is 14.8 Å². The first-order chi connectivity index (χ1) is 14.2. The summed E-state index contributed by atoms with van der Waals surface area (Å²) in [5, 5.41) is 22.0. The molecule has 0 spiro atoms. The van der Waals surface area contributed by atoms with Crippen LogP contribution in [0.2, 0.25) is 0 Å². The molecule has 4 aromatic rings. The van der Waals surface area contributed by atoms with Crippen LogP contribution in [0.25, 0.3) is 10.8 Å². The molecule has 1 atom stereocenters. The van der Waals surface area contributed by atoms with E-state index in [9.17, 15) is 5.11 Å². The summed E-state index contributed by atoms with van der Waals surface area (Å²) in [5.41, 5.74) is 1.20. The Balaban J connectivity index is 1.29. The highest BCUT2D eigenvalue weighted by molar-refractivity contribution is 7.99. The lowest BCUT2D eigenvalue weighted by Gasteiger charge is -2.12. The van der Waals surface area contributed by atoms with Crippen LogP contribution in [0.5, 0.6) is 5.75 Å². The van der Waals surface area contributed by atoms with Gasteiger partial charge in [0, 0.05) is 19.2 Å². The van der Waals surface area contributed by atoms with Crippen molar-refractivity contribution < 1.29 is 9.84 Å². The number of nitrogens with zero attached hydrogens (tertiary/aromatic N) is 3. The number of hydrogen-bond donors (Lipinski definition) is 1. The predicted molar refractivity (Wildman–Crippen MR) is 116 cm³/mol. The lowest BCUT2D eigenvalue weighted by atomic mass is 10.1. The monoisotopic (exact) mass is 405 g/mol. The van der Waals surface area contributed by atoms with Gasteiger partial charge in [0.05, 0.1) is 6.10 Å². The van der Waals surface area contributed by atoms with E-state index >= 15 is 0 Å². The number of benzene rings is 3. The topological polar surface area (TPSA) is 60.2 Å². The minimum atomic E-state index is -0.597. The van der Waals surface area contributed by atoms with Gasteiger partial charge in [-0.25, -0.2) is 0 Å². The number of ether oxygens (including phenoxy) is 1. The van der Waals surface area contributed by atoms with Gasteiger partial charge in [-0.1, -0.05) is 72.4 Å². The van der Waals surface area contributed by atoms with Gasteiger partial charge in [-0.15, -0.1) is 10.2 Å². The second-order valence-electron chi connectivity index (χ2n) is 6.90. The molecule has 1 unspecified atom stereocenters. The van der Waals surface area contributed by atoms with E-state index < -0.39 is 6.10 Å². The number of aliphatic hydroxyl groups is 1. The van der Waals surface area contributed by atoms with Gasteiger partial charge in [-0.2, -0.15) is 0 Å². The molecule has 0 amide bonds. The van der Waals surface area contributed by atoms with Gasteiger partial charge in [-0.05, 0) is 28.5 Å². The van der Waals surface area contributed by atoms with Crippen LogP contribution >= 0.6 is 11.8 Å². The summed E-state index contributed by atoms with van der Waals surface area (Å²) in [7, 11) is 1.96. The van der Waals surface area contributed by atoms with E-state index in [4.69, 9.17) is 4.74 Å². The van der Waals surface area contributed by atoms with Crippen molar-refractivity contribution in [2.24, 2.45) is 7.05 Å². The average molecular weight is 406 g/mol. The van der Waals surface area contributed by atoms with Gasteiger partial charge in [-0.3, -0.25) is 0 Å². The van der Waals surface area contributed by atoms with Crippen LogP contribution in [0.3, 0.4) is 0 Å². The van der Waals surface area contributed by atoms with Gasteiger partial charge in [0.25, 0.3) is 0 Å². The number of aliphatic hydroxyl groups excluding tert-OH is 1. The quantitative estimate of drug-likeness (QED) is 0.448. The summed E-state index contributed by atoms with van der Waals surface area (Å²) in [6.45, 7) is 0.236. The van der Waals surface area contributed by atoms with Crippen molar-refractivity contribution in [3.05, 3.63) is 84.2 Å². The minimum Gasteiger partial charge on any atom is -0.491 e. The van der Waals surface area contributed by atoms with E-state index in [-0.39, 0.29) is 6.61 Å². The van der Waals surface area contributed by atoms with Crippen molar-refractivity contribution in [1.29, 1.82) is 0 Å². The fourth-order valence-electron chi connectivity index (χ4n) is 3.07. The second-order valence-corrected chi connectivity index (χ2v) is 7.89. The van der Waals surface area contributed by atoms with Gasteiger partial charge in [0.2, 0.25) is 0 Å². The molecule has 0 saturated heterocycles. The molecule has 5 nitrogen and oxygen atoms in total. The lowest BCUT2D eigenvalue weighted by molar-refractivity contribution is 0.126. The first-order valence-corrected chi connectivity index (χ1v) is 10.5.